The molecule has 0 saturated heterocycles. The van der Waals surface area contributed by atoms with Gasteiger partial charge in [-0.05, 0) is 131 Å². The van der Waals surface area contributed by atoms with Crippen LogP contribution in [0.2, 0.25) is 0 Å². The van der Waals surface area contributed by atoms with Gasteiger partial charge < -0.3 is 10.1 Å². The van der Waals surface area contributed by atoms with Crippen molar-refractivity contribution >= 4 is 11.8 Å². The molecule has 4 saturated carbocycles. The van der Waals surface area contributed by atoms with Crippen LogP contribution < -0.4 is 5.32 Å². The van der Waals surface area contributed by atoms with Gasteiger partial charge in [-0.25, -0.2) is 4.79 Å². The number of ether oxygens (including phenoxy) is 1. The van der Waals surface area contributed by atoms with Crippen LogP contribution in [0, 0.1) is 40.4 Å². The lowest BCUT2D eigenvalue weighted by Crippen LogP contribution is -2.54. The van der Waals surface area contributed by atoms with E-state index in [0.717, 1.165) is 49.9 Å². The smallest absolute Gasteiger partial charge is 0.456 e. The number of halogens is 3. The third kappa shape index (κ3) is 6.23. The molecule has 0 spiro atoms. The van der Waals surface area contributed by atoms with Crippen LogP contribution in [0.3, 0.4) is 0 Å². The summed E-state index contributed by atoms with van der Waals surface area (Å²) in [5, 5.41) is 3.60. The van der Waals surface area contributed by atoms with Crippen LogP contribution in [0.15, 0.2) is 0 Å². The van der Waals surface area contributed by atoms with Gasteiger partial charge in [-0.15, -0.1) is 0 Å². The van der Waals surface area contributed by atoms with E-state index in [1.807, 2.05) is 0 Å². The Labute approximate surface area is 234 Å². The maximum atomic E-state index is 12.8. The summed E-state index contributed by atoms with van der Waals surface area (Å²) in [7, 11) is 0. The fraction of sp³-hybridized carbons (Fsp3) is 0.938. The predicted molar refractivity (Wildman–Crippen MR) is 147 cm³/mol. The number of alkyl halides is 3. The third-order valence-electron chi connectivity index (χ3n) is 12.3. The molecule has 9 unspecified atom stereocenters. The first kappa shape index (κ1) is 30.8. The van der Waals surface area contributed by atoms with Crippen molar-refractivity contribution in [1.29, 1.82) is 0 Å². The second-order valence-electron chi connectivity index (χ2n) is 14.0. The summed E-state index contributed by atoms with van der Waals surface area (Å²) in [4.78, 5) is 23.4. The van der Waals surface area contributed by atoms with Gasteiger partial charge in [-0.2, -0.15) is 13.2 Å². The third-order valence-corrected chi connectivity index (χ3v) is 12.3. The highest BCUT2D eigenvalue weighted by atomic mass is 19.4. The summed E-state index contributed by atoms with van der Waals surface area (Å²) >= 11 is 0. The molecule has 4 aliphatic carbocycles. The first-order chi connectivity index (χ1) is 18.3. The molecule has 0 aromatic heterocycles. The summed E-state index contributed by atoms with van der Waals surface area (Å²) < 4.78 is 43.2. The Hall–Kier alpha value is -1.11. The van der Waals surface area contributed by atoms with Gasteiger partial charge in [-0.1, -0.05) is 34.1 Å². The first-order valence-corrected chi connectivity index (χ1v) is 15.9. The van der Waals surface area contributed by atoms with Crippen molar-refractivity contribution in [3.63, 3.8) is 0 Å². The minimum Gasteiger partial charge on any atom is -0.456 e. The summed E-state index contributed by atoms with van der Waals surface area (Å²) in [5.41, 5.74) is 0.542. The van der Waals surface area contributed by atoms with E-state index in [1.54, 1.807) is 6.92 Å². The Bertz CT molecular complexity index is 877. The van der Waals surface area contributed by atoms with Crippen molar-refractivity contribution in [2.75, 3.05) is 0 Å². The van der Waals surface area contributed by atoms with Gasteiger partial charge in [0, 0.05) is 6.04 Å². The molecule has 0 aliphatic heterocycles. The lowest BCUT2D eigenvalue weighted by molar-refractivity contribution is -0.210. The van der Waals surface area contributed by atoms with Gasteiger partial charge in [0.25, 0.3) is 0 Å². The number of carbonyl (C=O) groups excluding carboxylic acids is 2. The van der Waals surface area contributed by atoms with Gasteiger partial charge in [0.2, 0.25) is 0 Å². The Morgan fingerprint density at radius 1 is 0.949 bits per heavy atom. The molecule has 0 aromatic rings. The second kappa shape index (κ2) is 12.0. The van der Waals surface area contributed by atoms with Crippen molar-refractivity contribution in [3.05, 3.63) is 0 Å². The number of hydrogen-bond acceptors (Lipinski definition) is 4. The largest absolute Gasteiger partial charge is 0.490 e. The predicted octanol–water partition coefficient (Wildman–Crippen LogP) is 8.03. The SMILES string of the molecule is CCC(CCCC1CCC2C3CCC4C[C@H](OC(=O)C(F)(F)F)CCC4(C)C3CCC12C)NC(CC)C(C)=O. The summed E-state index contributed by atoms with van der Waals surface area (Å²) in [5.74, 6) is 1.42. The number of nitrogens with one attached hydrogen (secondary N) is 1. The maximum absolute atomic E-state index is 12.8. The van der Waals surface area contributed by atoms with Gasteiger partial charge in [0.1, 0.15) is 11.9 Å². The van der Waals surface area contributed by atoms with Crippen molar-refractivity contribution in [1.82, 2.24) is 5.32 Å². The zero-order chi connectivity index (χ0) is 28.6. The Balaban J connectivity index is 1.33. The molecule has 4 fully saturated rings. The highest BCUT2D eigenvalue weighted by Gasteiger charge is 2.60. The molecule has 224 valence electrons. The standard InChI is InChI=1S/C32H52F3NO3/c1-6-23(36-28(7-2)20(3)37)10-8-9-21-12-14-26-25-13-11-22-19-24(39-29(38)32(33,34)35)15-17-31(22,5)27(25)16-18-30(21,26)4/h21-28,36H,6-19H2,1-5H3/t21?,22?,23?,24-,25?,26?,27?,28?,30?,31?/m1/s1. The minimum atomic E-state index is -4.91. The van der Waals surface area contributed by atoms with E-state index in [9.17, 15) is 22.8 Å². The zero-order valence-corrected chi connectivity index (χ0v) is 24.9. The molecular formula is C32H52F3NO3. The summed E-state index contributed by atoms with van der Waals surface area (Å²) in [6, 6.07) is 0.377. The molecule has 4 rings (SSSR count). The van der Waals surface area contributed by atoms with Gasteiger partial charge >= 0.3 is 12.1 Å². The monoisotopic (exact) mass is 555 g/mol. The van der Waals surface area contributed by atoms with Crippen LogP contribution in [0.5, 0.6) is 0 Å². The summed E-state index contributed by atoms with van der Waals surface area (Å²) in [6.07, 6.45) is 9.33. The van der Waals surface area contributed by atoms with E-state index in [2.05, 4.69) is 33.0 Å². The normalized spacial score (nSPS) is 39.7. The van der Waals surface area contributed by atoms with E-state index in [1.165, 1.54) is 44.9 Å². The number of hydrogen-bond donors (Lipinski definition) is 1. The van der Waals surface area contributed by atoms with Crippen LogP contribution in [0.4, 0.5) is 13.2 Å². The molecule has 39 heavy (non-hydrogen) atoms. The van der Waals surface area contributed by atoms with Crippen LogP contribution >= 0.6 is 0 Å². The van der Waals surface area contributed by atoms with Gasteiger partial charge in [-0.3, -0.25) is 4.79 Å². The molecule has 4 nitrogen and oxygen atoms in total. The van der Waals surface area contributed by atoms with E-state index in [-0.39, 0.29) is 17.2 Å². The van der Waals surface area contributed by atoms with Crippen LogP contribution in [0.25, 0.3) is 0 Å². The number of ketones is 1. The molecule has 1 N–H and O–H groups in total. The lowest BCUT2D eigenvalue weighted by atomic mass is 9.44. The fourth-order valence-electron chi connectivity index (χ4n) is 9.95. The molecule has 10 atom stereocenters. The highest BCUT2D eigenvalue weighted by molar-refractivity contribution is 5.81. The van der Waals surface area contributed by atoms with Gasteiger partial charge in [0.15, 0.2) is 0 Å². The van der Waals surface area contributed by atoms with Crippen molar-refractivity contribution in [2.24, 2.45) is 40.4 Å². The van der Waals surface area contributed by atoms with Crippen LogP contribution in [-0.4, -0.2) is 36.1 Å². The second-order valence-corrected chi connectivity index (χ2v) is 14.0. The maximum Gasteiger partial charge on any atom is 0.490 e. The summed E-state index contributed by atoms with van der Waals surface area (Å²) in [6.45, 7) is 10.9. The Morgan fingerprint density at radius 3 is 2.28 bits per heavy atom. The minimum absolute atomic E-state index is 0.0261. The number of esters is 1. The Morgan fingerprint density at radius 2 is 1.64 bits per heavy atom. The molecule has 0 heterocycles. The van der Waals surface area contributed by atoms with Crippen molar-refractivity contribution < 1.29 is 27.5 Å². The number of rotatable bonds is 10. The molecule has 0 radical (unpaired) electrons. The fourth-order valence-corrected chi connectivity index (χ4v) is 9.95. The average molecular weight is 556 g/mol. The van der Waals surface area contributed by atoms with E-state index in [0.29, 0.717) is 36.1 Å². The molecule has 7 heteroatoms. The van der Waals surface area contributed by atoms with Crippen molar-refractivity contribution in [2.45, 2.75) is 149 Å². The molecule has 0 amide bonds. The molecule has 0 bridgehead atoms. The average Bonchev–Trinajstić information content (AvgIpc) is 3.21. The highest BCUT2D eigenvalue weighted by Crippen LogP contribution is 2.68. The van der Waals surface area contributed by atoms with Crippen LogP contribution in [0.1, 0.15) is 125 Å². The topological polar surface area (TPSA) is 55.4 Å². The first-order valence-electron chi connectivity index (χ1n) is 15.9. The zero-order valence-electron chi connectivity index (χ0n) is 24.9. The van der Waals surface area contributed by atoms with Crippen molar-refractivity contribution in [3.8, 4) is 0 Å². The molecule has 0 aromatic carbocycles. The van der Waals surface area contributed by atoms with E-state index in [4.69, 9.17) is 4.74 Å². The quantitative estimate of drug-likeness (QED) is 0.277. The Kier molecular flexibility index (Phi) is 9.50. The molecule has 4 aliphatic rings. The molecular weight excluding hydrogens is 503 g/mol. The van der Waals surface area contributed by atoms with E-state index < -0.39 is 18.2 Å². The van der Waals surface area contributed by atoms with Crippen LogP contribution in [-0.2, 0) is 14.3 Å². The number of Topliss-reactive ketones (excluding diaryl/α,β-unsaturated/α-hetero) is 1. The number of fused-ring (bicyclic) bond motifs is 5. The van der Waals surface area contributed by atoms with Gasteiger partial charge in [0.05, 0.1) is 6.04 Å². The lowest BCUT2D eigenvalue weighted by Gasteiger charge is -2.61. The number of carbonyl (C=O) groups is 2. The van der Waals surface area contributed by atoms with E-state index >= 15 is 0 Å².